The molecule has 1 unspecified atom stereocenters. The number of rotatable bonds is 0. The first kappa shape index (κ1) is 4.89. The van der Waals surface area contributed by atoms with Crippen LogP contribution >= 0.6 is 0 Å². The zero-order valence-electron chi connectivity index (χ0n) is 4.78. The minimum Gasteiger partial charge on any atom is -0.0825 e. The van der Waals surface area contributed by atoms with Crippen molar-refractivity contribution >= 4 is 0 Å². The first-order valence-electron chi connectivity index (χ1n) is 2.79. The molecule has 1 radical (unpaired) electrons. The first-order valence-corrected chi connectivity index (χ1v) is 2.79. The summed E-state index contributed by atoms with van der Waals surface area (Å²) >= 11 is 0. The molecule has 0 amide bonds. The van der Waals surface area contributed by atoms with Crippen LogP contribution in [0.3, 0.4) is 0 Å². The maximum absolute atomic E-state index is 3.91. The highest BCUT2D eigenvalue weighted by molar-refractivity contribution is 5.08. The van der Waals surface area contributed by atoms with Gasteiger partial charge in [0.15, 0.2) is 0 Å². The molecular formula is C7H11. The second-order valence-electron chi connectivity index (χ2n) is 2.31. The summed E-state index contributed by atoms with van der Waals surface area (Å²) in [6, 6.07) is 0. The quantitative estimate of drug-likeness (QED) is 0.404. The highest BCUT2D eigenvalue weighted by atomic mass is 14.1. The molecule has 0 aromatic carbocycles. The van der Waals surface area contributed by atoms with Gasteiger partial charge in [0.2, 0.25) is 0 Å². The van der Waals surface area contributed by atoms with Gasteiger partial charge < -0.3 is 0 Å². The maximum atomic E-state index is 3.91. The van der Waals surface area contributed by atoms with E-state index in [4.69, 9.17) is 0 Å². The van der Waals surface area contributed by atoms with E-state index in [1.807, 2.05) is 0 Å². The van der Waals surface area contributed by atoms with Gasteiger partial charge in [0.25, 0.3) is 0 Å². The minimum atomic E-state index is 0.611. The maximum Gasteiger partial charge on any atom is -0.0228 e. The fraction of sp³-hybridized carbons (Fsp3) is 0.571. The van der Waals surface area contributed by atoms with E-state index in [0.29, 0.717) is 5.92 Å². The predicted octanol–water partition coefficient (Wildman–Crippen LogP) is 2.18. The molecule has 0 aliphatic heterocycles. The van der Waals surface area contributed by atoms with Crippen LogP contribution in [0.25, 0.3) is 0 Å². The summed E-state index contributed by atoms with van der Waals surface area (Å²) in [5.74, 6) is 0.611. The van der Waals surface area contributed by atoms with Crippen molar-refractivity contribution in [1.29, 1.82) is 0 Å². The average Bonchev–Trinajstić information content (AvgIpc) is 1.87. The van der Waals surface area contributed by atoms with Crippen LogP contribution in [0.4, 0.5) is 0 Å². The van der Waals surface area contributed by atoms with Crippen molar-refractivity contribution in [2.24, 2.45) is 5.92 Å². The molecule has 0 nitrogen and oxygen atoms in total. The van der Waals surface area contributed by atoms with Crippen molar-refractivity contribution < 1.29 is 0 Å². The predicted molar refractivity (Wildman–Crippen MR) is 31.8 cm³/mol. The first-order chi connectivity index (χ1) is 3.29. The lowest BCUT2D eigenvalue weighted by molar-refractivity contribution is 0.762. The Kier molecular flexibility index (Phi) is 1.18. The molecule has 7 heavy (non-hydrogen) atoms. The molecule has 0 aromatic heterocycles. The summed E-state index contributed by atoms with van der Waals surface area (Å²) in [5, 5.41) is 0. The SMILES string of the molecule is [CH2]C1C=C(C)CC1. The molecule has 0 N–H and O–H groups in total. The Morgan fingerprint density at radius 2 is 2.57 bits per heavy atom. The third kappa shape index (κ3) is 1.05. The zero-order valence-corrected chi connectivity index (χ0v) is 4.78. The second kappa shape index (κ2) is 1.69. The molecule has 0 saturated carbocycles. The molecule has 1 atom stereocenters. The van der Waals surface area contributed by atoms with Gasteiger partial charge in [0, 0.05) is 0 Å². The van der Waals surface area contributed by atoms with Crippen molar-refractivity contribution in [3.05, 3.63) is 18.6 Å². The minimum absolute atomic E-state index is 0.611. The van der Waals surface area contributed by atoms with Crippen molar-refractivity contribution in [1.82, 2.24) is 0 Å². The topological polar surface area (TPSA) is 0 Å². The van der Waals surface area contributed by atoms with Crippen LogP contribution in [-0.4, -0.2) is 0 Å². The zero-order chi connectivity index (χ0) is 5.28. The second-order valence-corrected chi connectivity index (χ2v) is 2.31. The molecule has 0 heterocycles. The van der Waals surface area contributed by atoms with Crippen molar-refractivity contribution in [3.63, 3.8) is 0 Å². The van der Waals surface area contributed by atoms with Crippen LogP contribution in [0.5, 0.6) is 0 Å². The smallest absolute Gasteiger partial charge is 0.0228 e. The van der Waals surface area contributed by atoms with Crippen molar-refractivity contribution in [2.45, 2.75) is 19.8 Å². The van der Waals surface area contributed by atoms with Crippen LogP contribution in [-0.2, 0) is 0 Å². The molecule has 1 rings (SSSR count). The Balaban J connectivity index is 2.50. The molecule has 39 valence electrons. The fourth-order valence-electron chi connectivity index (χ4n) is 0.982. The van der Waals surface area contributed by atoms with Gasteiger partial charge in [-0.25, -0.2) is 0 Å². The summed E-state index contributed by atoms with van der Waals surface area (Å²) in [6.45, 7) is 6.08. The van der Waals surface area contributed by atoms with E-state index in [9.17, 15) is 0 Å². The Morgan fingerprint density at radius 3 is 2.71 bits per heavy atom. The Hall–Kier alpha value is -0.260. The summed E-state index contributed by atoms with van der Waals surface area (Å²) in [5.41, 5.74) is 1.51. The molecule has 1 aliphatic rings. The molecule has 0 saturated heterocycles. The normalized spacial score (nSPS) is 30.6. The van der Waals surface area contributed by atoms with E-state index in [1.165, 1.54) is 18.4 Å². The molecule has 0 heteroatoms. The lowest BCUT2D eigenvalue weighted by Crippen LogP contribution is -1.77. The summed E-state index contributed by atoms with van der Waals surface area (Å²) in [4.78, 5) is 0. The molecular weight excluding hydrogens is 84.1 g/mol. The Morgan fingerprint density at radius 1 is 1.86 bits per heavy atom. The van der Waals surface area contributed by atoms with Crippen molar-refractivity contribution in [3.8, 4) is 0 Å². The molecule has 0 bridgehead atoms. The van der Waals surface area contributed by atoms with Crippen molar-refractivity contribution in [2.75, 3.05) is 0 Å². The number of hydrogen-bond donors (Lipinski definition) is 0. The molecule has 0 fully saturated rings. The third-order valence-corrected chi connectivity index (χ3v) is 1.43. The Labute approximate surface area is 45.2 Å². The van der Waals surface area contributed by atoms with Gasteiger partial charge in [-0.15, -0.1) is 0 Å². The van der Waals surface area contributed by atoms with E-state index in [1.54, 1.807) is 0 Å². The fourth-order valence-corrected chi connectivity index (χ4v) is 0.982. The lowest BCUT2D eigenvalue weighted by atomic mass is 10.2. The summed E-state index contributed by atoms with van der Waals surface area (Å²) in [6.07, 6.45) is 4.79. The third-order valence-electron chi connectivity index (χ3n) is 1.43. The summed E-state index contributed by atoms with van der Waals surface area (Å²) < 4.78 is 0. The van der Waals surface area contributed by atoms with Crippen LogP contribution in [0.2, 0.25) is 0 Å². The molecule has 1 aliphatic carbocycles. The van der Waals surface area contributed by atoms with E-state index in [0.717, 1.165) is 0 Å². The highest BCUT2D eigenvalue weighted by Crippen LogP contribution is 2.21. The van der Waals surface area contributed by atoms with E-state index in [2.05, 4.69) is 19.9 Å². The lowest BCUT2D eigenvalue weighted by Gasteiger charge is -1.89. The number of allylic oxidation sites excluding steroid dienone is 2. The van der Waals surface area contributed by atoms with Crippen LogP contribution in [0.15, 0.2) is 11.6 Å². The van der Waals surface area contributed by atoms with Gasteiger partial charge in [-0.2, -0.15) is 0 Å². The van der Waals surface area contributed by atoms with Gasteiger partial charge in [0.1, 0.15) is 0 Å². The Bertz CT molecular complexity index is 90.2. The molecule has 0 aromatic rings. The van der Waals surface area contributed by atoms with Gasteiger partial charge >= 0.3 is 0 Å². The number of hydrogen-bond acceptors (Lipinski definition) is 0. The molecule has 0 spiro atoms. The van der Waals surface area contributed by atoms with Crippen LogP contribution in [0.1, 0.15) is 19.8 Å². The average molecular weight is 95.2 g/mol. The highest BCUT2D eigenvalue weighted by Gasteiger charge is 2.05. The van der Waals surface area contributed by atoms with E-state index < -0.39 is 0 Å². The van der Waals surface area contributed by atoms with Gasteiger partial charge in [-0.3, -0.25) is 0 Å². The monoisotopic (exact) mass is 95.1 g/mol. The van der Waals surface area contributed by atoms with E-state index in [-0.39, 0.29) is 0 Å². The largest absolute Gasteiger partial charge is 0.0825 e. The van der Waals surface area contributed by atoms with E-state index >= 15 is 0 Å². The van der Waals surface area contributed by atoms with Gasteiger partial charge in [-0.1, -0.05) is 11.6 Å². The van der Waals surface area contributed by atoms with Gasteiger partial charge in [-0.05, 0) is 32.6 Å². The summed E-state index contributed by atoms with van der Waals surface area (Å²) in [7, 11) is 0. The van der Waals surface area contributed by atoms with Crippen LogP contribution in [0, 0.1) is 12.8 Å². The van der Waals surface area contributed by atoms with Crippen LogP contribution < -0.4 is 0 Å². The standard InChI is InChI=1S/C7H11/c1-6-3-4-7(2)5-6/h5-6H,1,3-4H2,2H3. The van der Waals surface area contributed by atoms with Gasteiger partial charge in [0.05, 0.1) is 0 Å².